The first kappa shape index (κ1) is 32.3. The van der Waals surface area contributed by atoms with E-state index >= 15 is 0 Å². The van der Waals surface area contributed by atoms with Gasteiger partial charge in [-0.3, -0.25) is 24.0 Å². The Morgan fingerprint density at radius 3 is 2.50 bits per heavy atom. The standard InChI is InChI=1S/C26H29F5N4O7/c1-25(2,26(29,30)31)23(40)41-12-18(36)16(9-13-5-4-8-32-21(13)38)35-20(37)11-33-22(39)17-10-14-15(34-17)6-3-7-19(14)42-24(27)28/h3,6-7,10,13,16,24,34H,4-5,8-9,11-12H2,1-2H3,(H,32,38)(H,33,39)(H,35,37)/t13-,16-/m0/s1. The number of nitrogens with one attached hydrogen (secondary N) is 4. The number of halogens is 5. The molecular weight excluding hydrogens is 575 g/mol. The van der Waals surface area contributed by atoms with E-state index in [1.807, 2.05) is 0 Å². The molecule has 3 amide bonds. The highest BCUT2D eigenvalue weighted by molar-refractivity contribution is 6.01. The molecule has 1 aliphatic rings. The van der Waals surface area contributed by atoms with E-state index in [1.54, 1.807) is 0 Å². The van der Waals surface area contributed by atoms with E-state index in [4.69, 9.17) is 0 Å². The number of alkyl halides is 5. The van der Waals surface area contributed by atoms with Crippen molar-refractivity contribution in [1.29, 1.82) is 0 Å². The summed E-state index contributed by atoms with van der Waals surface area (Å²) < 4.78 is 73.8. The Balaban J connectivity index is 1.65. The molecule has 2 heterocycles. The number of hydrogen-bond acceptors (Lipinski definition) is 7. The van der Waals surface area contributed by atoms with Crippen molar-refractivity contribution in [1.82, 2.24) is 20.9 Å². The molecule has 3 rings (SSSR count). The molecule has 1 saturated heterocycles. The monoisotopic (exact) mass is 604 g/mol. The molecule has 1 fully saturated rings. The summed E-state index contributed by atoms with van der Waals surface area (Å²) in [6, 6.07) is 4.04. The number of hydrogen-bond donors (Lipinski definition) is 4. The summed E-state index contributed by atoms with van der Waals surface area (Å²) in [4.78, 5) is 65.0. The lowest BCUT2D eigenvalue weighted by Crippen LogP contribution is -2.50. The molecule has 230 valence electrons. The van der Waals surface area contributed by atoms with Crippen molar-refractivity contribution >= 4 is 40.4 Å². The Bertz CT molecular complexity index is 1340. The van der Waals surface area contributed by atoms with Gasteiger partial charge in [0.2, 0.25) is 11.8 Å². The van der Waals surface area contributed by atoms with E-state index in [0.29, 0.717) is 38.8 Å². The Kier molecular flexibility index (Phi) is 10.1. The van der Waals surface area contributed by atoms with Crippen molar-refractivity contribution in [2.75, 3.05) is 19.7 Å². The van der Waals surface area contributed by atoms with Crippen LogP contribution in [0.3, 0.4) is 0 Å². The molecule has 1 aromatic heterocycles. The summed E-state index contributed by atoms with van der Waals surface area (Å²) in [5.41, 5.74) is -2.68. The second kappa shape index (κ2) is 13.2. The molecule has 1 aliphatic heterocycles. The van der Waals surface area contributed by atoms with Gasteiger partial charge in [0.25, 0.3) is 5.91 Å². The minimum Gasteiger partial charge on any atom is -0.457 e. The zero-order chi connectivity index (χ0) is 31.2. The third-order valence-electron chi connectivity index (χ3n) is 6.70. The number of ether oxygens (including phenoxy) is 2. The topological polar surface area (TPSA) is 156 Å². The largest absolute Gasteiger partial charge is 0.457 e. The van der Waals surface area contributed by atoms with E-state index < -0.39 is 66.9 Å². The fourth-order valence-corrected chi connectivity index (χ4v) is 4.10. The molecular formula is C26H29F5N4O7. The molecule has 0 aliphatic carbocycles. The van der Waals surface area contributed by atoms with E-state index in [2.05, 4.69) is 30.4 Å². The van der Waals surface area contributed by atoms with Gasteiger partial charge in [-0.25, -0.2) is 0 Å². The maximum Gasteiger partial charge on any atom is 0.404 e. The molecule has 11 nitrogen and oxygen atoms in total. The van der Waals surface area contributed by atoms with Gasteiger partial charge in [-0.2, -0.15) is 22.0 Å². The van der Waals surface area contributed by atoms with Crippen LogP contribution in [0.25, 0.3) is 10.9 Å². The zero-order valence-corrected chi connectivity index (χ0v) is 22.5. The normalized spacial score (nSPS) is 16.5. The minimum atomic E-state index is -4.94. The number of carbonyl (C=O) groups excluding carboxylic acids is 5. The van der Waals surface area contributed by atoms with E-state index in [1.165, 1.54) is 24.3 Å². The molecule has 2 aromatic rings. The number of Topliss-reactive ketones (excluding diaryl/α,β-unsaturated/α-hetero) is 1. The third kappa shape index (κ3) is 7.94. The maximum absolute atomic E-state index is 13.1. The summed E-state index contributed by atoms with van der Waals surface area (Å²) in [7, 11) is 0. The lowest BCUT2D eigenvalue weighted by atomic mass is 9.90. The Hall–Kier alpha value is -4.24. The van der Waals surface area contributed by atoms with Crippen molar-refractivity contribution < 1.29 is 55.4 Å². The van der Waals surface area contributed by atoms with Crippen LogP contribution in [0.5, 0.6) is 5.75 Å². The van der Waals surface area contributed by atoms with E-state index in [0.717, 1.165) is 0 Å². The number of aromatic amines is 1. The number of fused-ring (bicyclic) bond motifs is 1. The molecule has 0 unspecified atom stereocenters. The Morgan fingerprint density at radius 1 is 1.14 bits per heavy atom. The molecule has 0 spiro atoms. The number of aromatic nitrogens is 1. The number of ketones is 1. The van der Waals surface area contributed by atoms with Gasteiger partial charge in [-0.1, -0.05) is 6.07 Å². The number of benzene rings is 1. The van der Waals surface area contributed by atoms with Gasteiger partial charge in [0.05, 0.1) is 12.6 Å². The number of amides is 3. The molecule has 42 heavy (non-hydrogen) atoms. The zero-order valence-electron chi connectivity index (χ0n) is 22.5. The van der Waals surface area contributed by atoms with Crippen LogP contribution in [0.4, 0.5) is 22.0 Å². The average molecular weight is 605 g/mol. The predicted octanol–water partition coefficient (Wildman–Crippen LogP) is 2.60. The SMILES string of the molecule is CC(C)(C(=O)OCC(=O)[C@H](C[C@@H]1CCCNC1=O)NC(=O)CNC(=O)c1cc2c(OC(F)F)cccc2[nH]1)C(F)(F)F. The van der Waals surface area contributed by atoms with Crippen LogP contribution < -0.4 is 20.7 Å². The van der Waals surface area contributed by atoms with Gasteiger partial charge < -0.3 is 30.4 Å². The molecule has 2 atom stereocenters. The second-order valence-electron chi connectivity index (χ2n) is 10.1. The first-order valence-corrected chi connectivity index (χ1v) is 12.8. The summed E-state index contributed by atoms with van der Waals surface area (Å²) in [5, 5.41) is 7.43. The van der Waals surface area contributed by atoms with Gasteiger partial charge in [0.15, 0.2) is 17.8 Å². The van der Waals surface area contributed by atoms with Crippen LogP contribution >= 0.6 is 0 Å². The number of piperidine rings is 1. The molecule has 16 heteroatoms. The number of carbonyl (C=O) groups is 5. The van der Waals surface area contributed by atoms with Gasteiger partial charge in [-0.15, -0.1) is 0 Å². The third-order valence-corrected chi connectivity index (χ3v) is 6.70. The molecule has 0 bridgehead atoms. The quantitative estimate of drug-likeness (QED) is 0.214. The van der Waals surface area contributed by atoms with Crippen LogP contribution in [-0.4, -0.2) is 73.0 Å². The van der Waals surface area contributed by atoms with E-state index in [-0.39, 0.29) is 29.2 Å². The summed E-state index contributed by atoms with van der Waals surface area (Å²) in [5.74, 6) is -5.62. The predicted molar refractivity (Wildman–Crippen MR) is 135 cm³/mol. The molecule has 4 N–H and O–H groups in total. The maximum atomic E-state index is 13.1. The summed E-state index contributed by atoms with van der Waals surface area (Å²) >= 11 is 0. The van der Waals surface area contributed by atoms with Gasteiger partial charge in [0.1, 0.15) is 11.4 Å². The van der Waals surface area contributed by atoms with Crippen molar-refractivity contribution in [3.63, 3.8) is 0 Å². The highest BCUT2D eigenvalue weighted by Gasteiger charge is 2.54. The molecule has 0 saturated carbocycles. The van der Waals surface area contributed by atoms with Crippen LogP contribution in [0.15, 0.2) is 24.3 Å². The smallest absolute Gasteiger partial charge is 0.404 e. The number of rotatable bonds is 12. The van der Waals surface area contributed by atoms with Gasteiger partial charge in [0, 0.05) is 23.4 Å². The van der Waals surface area contributed by atoms with Crippen LogP contribution in [-0.2, 0) is 23.9 Å². The van der Waals surface area contributed by atoms with Crippen molar-refractivity contribution in [3.05, 3.63) is 30.0 Å². The lowest BCUT2D eigenvalue weighted by molar-refractivity contribution is -0.224. The summed E-state index contributed by atoms with van der Waals surface area (Å²) in [6.07, 6.45) is -4.20. The average Bonchev–Trinajstić information content (AvgIpc) is 3.35. The first-order chi connectivity index (χ1) is 19.6. The molecule has 0 radical (unpaired) electrons. The van der Waals surface area contributed by atoms with Crippen LogP contribution in [0, 0.1) is 11.3 Å². The van der Waals surface area contributed by atoms with Crippen molar-refractivity contribution in [2.45, 2.75) is 51.9 Å². The van der Waals surface area contributed by atoms with Crippen LogP contribution in [0.2, 0.25) is 0 Å². The first-order valence-electron chi connectivity index (χ1n) is 12.8. The van der Waals surface area contributed by atoms with E-state index in [9.17, 15) is 45.9 Å². The number of H-pyrrole nitrogens is 1. The number of esters is 1. The fourth-order valence-electron chi connectivity index (χ4n) is 4.10. The lowest BCUT2D eigenvalue weighted by Gasteiger charge is -2.27. The molecule has 1 aromatic carbocycles. The fraction of sp³-hybridized carbons (Fsp3) is 0.500. The Labute approximate surface area is 235 Å². The highest BCUT2D eigenvalue weighted by Crippen LogP contribution is 2.38. The minimum absolute atomic E-state index is 0.0891. The van der Waals surface area contributed by atoms with Crippen molar-refractivity contribution in [2.24, 2.45) is 11.3 Å². The van der Waals surface area contributed by atoms with Gasteiger partial charge >= 0.3 is 18.8 Å². The second-order valence-corrected chi connectivity index (χ2v) is 10.1. The van der Waals surface area contributed by atoms with Crippen LogP contribution in [0.1, 0.15) is 43.6 Å². The van der Waals surface area contributed by atoms with Gasteiger partial charge in [-0.05, 0) is 51.3 Å². The Morgan fingerprint density at radius 2 is 1.86 bits per heavy atom. The summed E-state index contributed by atoms with van der Waals surface area (Å²) in [6.45, 7) is -3.26. The van der Waals surface area contributed by atoms with Crippen molar-refractivity contribution in [3.8, 4) is 5.75 Å². The highest BCUT2D eigenvalue weighted by atomic mass is 19.4.